The van der Waals surface area contributed by atoms with Crippen molar-refractivity contribution in [1.29, 1.82) is 0 Å². The van der Waals surface area contributed by atoms with E-state index in [1.54, 1.807) is 30.3 Å². The van der Waals surface area contributed by atoms with Gasteiger partial charge in [0, 0.05) is 5.69 Å². The molecule has 120 valence electrons. The number of nitrogens with one attached hydrogen (secondary N) is 2. The highest BCUT2D eigenvalue weighted by Gasteiger charge is 2.37. The molecule has 9 heteroatoms. The third-order valence-electron chi connectivity index (χ3n) is 3.22. The van der Waals surface area contributed by atoms with Crippen LogP contribution in [0.15, 0.2) is 54.6 Å². The van der Waals surface area contributed by atoms with Gasteiger partial charge < -0.3 is 5.73 Å². The first-order chi connectivity index (χ1) is 10.2. The SMILES string of the molecule is CNS(=O)(=O)C1(N)C=CC(S(=O)(=O)Nc2ccccc2)C=C1. The average molecular weight is 343 g/mol. The highest BCUT2D eigenvalue weighted by atomic mass is 32.2. The largest absolute Gasteiger partial charge is 0.305 e. The zero-order valence-electron chi connectivity index (χ0n) is 11.8. The van der Waals surface area contributed by atoms with Gasteiger partial charge in [0.25, 0.3) is 0 Å². The van der Waals surface area contributed by atoms with Gasteiger partial charge in [0.2, 0.25) is 20.0 Å². The van der Waals surface area contributed by atoms with E-state index in [-0.39, 0.29) is 0 Å². The molecule has 0 aromatic heterocycles. The van der Waals surface area contributed by atoms with Crippen LogP contribution < -0.4 is 15.2 Å². The summed E-state index contributed by atoms with van der Waals surface area (Å²) in [5.41, 5.74) is 6.19. The first-order valence-electron chi connectivity index (χ1n) is 6.37. The van der Waals surface area contributed by atoms with Gasteiger partial charge in [0.1, 0.15) is 5.25 Å². The summed E-state index contributed by atoms with van der Waals surface area (Å²) in [5.74, 6) is 0. The van der Waals surface area contributed by atoms with E-state index in [0.29, 0.717) is 5.69 Å². The summed E-state index contributed by atoms with van der Waals surface area (Å²) in [7, 11) is -6.30. The summed E-state index contributed by atoms with van der Waals surface area (Å²) in [4.78, 5) is -1.76. The van der Waals surface area contributed by atoms with Crippen LogP contribution in [0, 0.1) is 0 Å². The maximum Gasteiger partial charge on any atom is 0.242 e. The van der Waals surface area contributed by atoms with Crippen molar-refractivity contribution in [3.8, 4) is 0 Å². The molecule has 2 rings (SSSR count). The molecule has 0 radical (unpaired) electrons. The summed E-state index contributed by atoms with van der Waals surface area (Å²) >= 11 is 0. The van der Waals surface area contributed by atoms with E-state index in [9.17, 15) is 16.8 Å². The normalized spacial score (nSPS) is 25.1. The summed E-state index contributed by atoms with van der Waals surface area (Å²) in [6.45, 7) is 0. The molecule has 1 aromatic carbocycles. The molecule has 0 fully saturated rings. The molecule has 7 nitrogen and oxygen atoms in total. The maximum atomic E-state index is 12.3. The third-order valence-corrected chi connectivity index (χ3v) is 6.51. The molecule has 0 bridgehead atoms. The van der Waals surface area contributed by atoms with Crippen molar-refractivity contribution in [3.05, 3.63) is 54.6 Å². The van der Waals surface area contributed by atoms with Crippen molar-refractivity contribution in [2.45, 2.75) is 10.1 Å². The van der Waals surface area contributed by atoms with E-state index in [4.69, 9.17) is 5.73 Å². The second-order valence-electron chi connectivity index (χ2n) is 4.76. The van der Waals surface area contributed by atoms with Crippen molar-refractivity contribution >= 4 is 25.7 Å². The molecule has 22 heavy (non-hydrogen) atoms. The maximum absolute atomic E-state index is 12.3. The van der Waals surface area contributed by atoms with E-state index >= 15 is 0 Å². The zero-order valence-corrected chi connectivity index (χ0v) is 13.4. The van der Waals surface area contributed by atoms with Gasteiger partial charge in [0.05, 0.1) is 0 Å². The van der Waals surface area contributed by atoms with E-state index in [0.717, 1.165) is 12.2 Å². The fourth-order valence-electron chi connectivity index (χ4n) is 1.91. The summed E-state index contributed by atoms with van der Waals surface area (Å²) in [6.07, 6.45) is 4.82. The Labute approximate surface area is 130 Å². The molecule has 1 aromatic rings. The van der Waals surface area contributed by atoms with Crippen molar-refractivity contribution in [1.82, 2.24) is 4.72 Å². The lowest BCUT2D eigenvalue weighted by molar-refractivity contribution is 0.566. The fourth-order valence-corrected chi connectivity index (χ4v) is 3.95. The highest BCUT2D eigenvalue weighted by molar-refractivity contribution is 7.93. The monoisotopic (exact) mass is 343 g/mol. The number of sulfonamides is 2. The fraction of sp³-hybridized carbons (Fsp3) is 0.231. The molecular formula is C13H17N3O4S2. The molecular weight excluding hydrogens is 326 g/mol. The Kier molecular flexibility index (Phi) is 4.43. The van der Waals surface area contributed by atoms with Gasteiger partial charge in [-0.25, -0.2) is 21.6 Å². The Morgan fingerprint density at radius 1 is 1.05 bits per heavy atom. The predicted molar refractivity (Wildman–Crippen MR) is 86.0 cm³/mol. The number of nitrogens with two attached hydrogens (primary N) is 1. The molecule has 0 heterocycles. The Morgan fingerprint density at radius 2 is 1.59 bits per heavy atom. The molecule has 0 amide bonds. The lowest BCUT2D eigenvalue weighted by Crippen LogP contribution is -2.51. The van der Waals surface area contributed by atoms with Crippen LogP contribution in [-0.2, 0) is 20.0 Å². The second kappa shape index (κ2) is 5.84. The first-order valence-corrected chi connectivity index (χ1v) is 9.40. The number of hydrogen-bond acceptors (Lipinski definition) is 5. The van der Waals surface area contributed by atoms with Gasteiger partial charge in [0.15, 0.2) is 4.87 Å². The molecule has 0 unspecified atom stereocenters. The summed E-state index contributed by atoms with van der Waals surface area (Å²) in [5, 5.41) is -1.00. The predicted octanol–water partition coefficient (Wildman–Crippen LogP) is 0.127. The number of para-hydroxylation sites is 1. The van der Waals surface area contributed by atoms with Crippen LogP contribution in [0.1, 0.15) is 0 Å². The molecule has 0 saturated heterocycles. The highest BCUT2D eigenvalue weighted by Crippen LogP contribution is 2.22. The van der Waals surface area contributed by atoms with Crippen molar-refractivity contribution < 1.29 is 16.8 Å². The van der Waals surface area contributed by atoms with Crippen LogP contribution in [0.5, 0.6) is 0 Å². The number of anilines is 1. The number of hydrogen-bond donors (Lipinski definition) is 3. The van der Waals surface area contributed by atoms with Gasteiger partial charge in [-0.15, -0.1) is 0 Å². The molecule has 1 aliphatic rings. The smallest absolute Gasteiger partial charge is 0.242 e. The van der Waals surface area contributed by atoms with Crippen molar-refractivity contribution in [2.24, 2.45) is 5.73 Å². The Balaban J connectivity index is 2.22. The average Bonchev–Trinajstić information content (AvgIpc) is 2.48. The number of benzene rings is 1. The van der Waals surface area contributed by atoms with Gasteiger partial charge in [-0.1, -0.05) is 30.4 Å². The van der Waals surface area contributed by atoms with Gasteiger partial charge in [-0.2, -0.15) is 0 Å². The van der Waals surface area contributed by atoms with Crippen LogP contribution in [0.2, 0.25) is 0 Å². The molecule has 0 aliphatic heterocycles. The molecule has 0 saturated carbocycles. The Morgan fingerprint density at radius 3 is 2.09 bits per heavy atom. The summed E-state index contributed by atoms with van der Waals surface area (Å²) in [6, 6.07) is 8.41. The van der Waals surface area contributed by atoms with Crippen LogP contribution in [0.3, 0.4) is 0 Å². The van der Waals surface area contributed by atoms with Crippen LogP contribution in [-0.4, -0.2) is 34.0 Å². The van der Waals surface area contributed by atoms with E-state index in [1.807, 2.05) is 0 Å². The van der Waals surface area contributed by atoms with Crippen molar-refractivity contribution in [3.63, 3.8) is 0 Å². The molecule has 0 spiro atoms. The minimum absolute atomic E-state index is 0.428. The van der Waals surface area contributed by atoms with Crippen LogP contribution in [0.25, 0.3) is 0 Å². The minimum Gasteiger partial charge on any atom is -0.305 e. The lowest BCUT2D eigenvalue weighted by Gasteiger charge is -2.26. The minimum atomic E-state index is -3.81. The van der Waals surface area contributed by atoms with Gasteiger partial charge in [-0.3, -0.25) is 4.72 Å². The third kappa shape index (κ3) is 3.22. The van der Waals surface area contributed by atoms with Gasteiger partial charge in [-0.05, 0) is 31.3 Å². The van der Waals surface area contributed by atoms with Crippen LogP contribution in [0.4, 0.5) is 5.69 Å². The summed E-state index contributed by atoms with van der Waals surface area (Å²) < 4.78 is 52.7. The van der Waals surface area contributed by atoms with Gasteiger partial charge >= 0.3 is 0 Å². The quantitative estimate of drug-likeness (QED) is 0.657. The number of rotatable bonds is 5. The lowest BCUT2D eigenvalue weighted by atomic mass is 10.1. The molecule has 0 atom stereocenters. The molecule has 1 aliphatic carbocycles. The first kappa shape index (κ1) is 16.7. The standard InChI is InChI=1S/C13H17N3O4S2/c1-15-22(19,20)13(14)9-7-12(8-10-13)21(17,18)16-11-5-3-2-4-6-11/h2-10,12,15-16H,14H2,1H3. The zero-order chi connectivity index (χ0) is 16.4. The van der Waals surface area contributed by atoms with E-state index < -0.39 is 30.2 Å². The van der Waals surface area contributed by atoms with E-state index in [2.05, 4.69) is 9.44 Å². The Bertz CT molecular complexity index is 785. The van der Waals surface area contributed by atoms with Crippen molar-refractivity contribution in [2.75, 3.05) is 11.8 Å². The molecule has 4 N–H and O–H groups in total. The van der Waals surface area contributed by atoms with Crippen LogP contribution >= 0.6 is 0 Å². The van der Waals surface area contributed by atoms with E-state index in [1.165, 1.54) is 19.2 Å². The Hall–Kier alpha value is -1.68. The second-order valence-corrected chi connectivity index (χ2v) is 8.72. The topological polar surface area (TPSA) is 118 Å².